The fraction of sp³-hybridized carbons (Fsp3) is 0.0800. The van der Waals surface area contributed by atoms with Crippen LogP contribution in [0.5, 0.6) is 0 Å². The molecule has 27 heavy (non-hydrogen) atoms. The molecule has 2 nitrogen and oxygen atoms in total. The predicted octanol–water partition coefficient (Wildman–Crippen LogP) is 6.05. The first-order valence-electron chi connectivity index (χ1n) is 9.11. The van der Waals surface area contributed by atoms with Crippen molar-refractivity contribution in [1.82, 2.24) is 4.98 Å². The largest absolute Gasteiger partial charge is 0.364 e. The van der Waals surface area contributed by atoms with Crippen LogP contribution in [0.25, 0.3) is 11.1 Å². The van der Waals surface area contributed by atoms with E-state index in [9.17, 15) is 0 Å². The molecular weight excluding hydrogens is 330 g/mol. The molecule has 1 heterocycles. The van der Waals surface area contributed by atoms with Gasteiger partial charge in [-0.2, -0.15) is 0 Å². The second-order valence-electron chi connectivity index (χ2n) is 6.45. The number of nitrogens with zero attached hydrogens (tertiary/aromatic N) is 1. The zero-order valence-electron chi connectivity index (χ0n) is 15.0. The molecule has 4 aromatic rings. The van der Waals surface area contributed by atoms with E-state index in [-0.39, 0.29) is 6.10 Å². The van der Waals surface area contributed by atoms with Gasteiger partial charge < -0.3 is 4.74 Å². The van der Waals surface area contributed by atoms with Crippen molar-refractivity contribution in [3.8, 4) is 11.1 Å². The van der Waals surface area contributed by atoms with Crippen molar-refractivity contribution < 1.29 is 4.74 Å². The Balaban J connectivity index is 1.51. The lowest BCUT2D eigenvalue weighted by Crippen LogP contribution is -2.06. The van der Waals surface area contributed by atoms with Crippen molar-refractivity contribution in [2.24, 2.45) is 0 Å². The number of hydrogen-bond donors (Lipinski definition) is 0. The first-order valence-corrected chi connectivity index (χ1v) is 9.11. The maximum Gasteiger partial charge on any atom is 0.109 e. The van der Waals surface area contributed by atoms with Gasteiger partial charge in [0.25, 0.3) is 0 Å². The minimum Gasteiger partial charge on any atom is -0.364 e. The van der Waals surface area contributed by atoms with Crippen LogP contribution in [0, 0.1) is 0 Å². The summed E-state index contributed by atoms with van der Waals surface area (Å²) in [5.41, 5.74) is 5.78. The normalized spacial score (nSPS) is 11.9. The Labute approximate surface area is 160 Å². The standard InChI is InChI=1S/C25H21NO/c1-3-8-21(9-4-1)22-15-13-20(14-16-22)19-27-25(23-10-5-2-6-11-23)24-12-7-17-26-18-24/h1-18,25H,19H2. The fourth-order valence-electron chi connectivity index (χ4n) is 3.15. The molecule has 4 rings (SSSR count). The van der Waals surface area contributed by atoms with Crippen molar-refractivity contribution in [1.29, 1.82) is 0 Å². The molecule has 1 atom stereocenters. The van der Waals surface area contributed by atoms with E-state index in [2.05, 4.69) is 71.7 Å². The number of aromatic nitrogens is 1. The second kappa shape index (κ2) is 8.43. The Morgan fingerprint density at radius 2 is 1.26 bits per heavy atom. The maximum atomic E-state index is 6.31. The van der Waals surface area contributed by atoms with Gasteiger partial charge in [0, 0.05) is 18.0 Å². The lowest BCUT2D eigenvalue weighted by molar-refractivity contribution is 0.0665. The average Bonchev–Trinajstić information content (AvgIpc) is 2.76. The van der Waals surface area contributed by atoms with Crippen LogP contribution in [0.3, 0.4) is 0 Å². The Hall–Kier alpha value is -3.23. The van der Waals surface area contributed by atoms with Crippen LogP contribution in [-0.2, 0) is 11.3 Å². The van der Waals surface area contributed by atoms with Gasteiger partial charge in [-0.05, 0) is 28.3 Å². The summed E-state index contributed by atoms with van der Waals surface area (Å²) in [6, 6.07) is 33.3. The van der Waals surface area contributed by atoms with E-state index in [4.69, 9.17) is 4.74 Å². The molecule has 132 valence electrons. The van der Waals surface area contributed by atoms with Gasteiger partial charge in [-0.1, -0.05) is 91.0 Å². The number of rotatable bonds is 6. The van der Waals surface area contributed by atoms with Gasteiger partial charge in [0.05, 0.1) is 6.61 Å². The van der Waals surface area contributed by atoms with E-state index < -0.39 is 0 Å². The maximum absolute atomic E-state index is 6.31. The summed E-state index contributed by atoms with van der Waals surface area (Å²) < 4.78 is 6.31. The molecule has 1 unspecified atom stereocenters. The summed E-state index contributed by atoms with van der Waals surface area (Å²) in [6.07, 6.45) is 3.53. The summed E-state index contributed by atoms with van der Waals surface area (Å²) in [4.78, 5) is 4.25. The summed E-state index contributed by atoms with van der Waals surface area (Å²) >= 11 is 0. The molecule has 3 aromatic carbocycles. The molecule has 0 saturated carbocycles. The van der Waals surface area contributed by atoms with Gasteiger partial charge >= 0.3 is 0 Å². The highest BCUT2D eigenvalue weighted by molar-refractivity contribution is 5.63. The summed E-state index contributed by atoms with van der Waals surface area (Å²) in [5, 5.41) is 0. The Morgan fingerprint density at radius 1 is 0.630 bits per heavy atom. The Kier molecular flexibility index (Phi) is 5.37. The van der Waals surface area contributed by atoms with Crippen LogP contribution >= 0.6 is 0 Å². The lowest BCUT2D eigenvalue weighted by atomic mass is 10.0. The number of pyridine rings is 1. The molecule has 0 bridgehead atoms. The van der Waals surface area contributed by atoms with Gasteiger partial charge in [-0.3, -0.25) is 4.98 Å². The quantitative estimate of drug-likeness (QED) is 0.421. The van der Waals surface area contributed by atoms with E-state index in [1.165, 1.54) is 11.1 Å². The summed E-state index contributed by atoms with van der Waals surface area (Å²) in [5.74, 6) is 0. The zero-order valence-corrected chi connectivity index (χ0v) is 15.0. The van der Waals surface area contributed by atoms with Crippen LogP contribution in [0.1, 0.15) is 22.8 Å². The fourth-order valence-corrected chi connectivity index (χ4v) is 3.15. The van der Waals surface area contributed by atoms with E-state index in [0.717, 1.165) is 16.7 Å². The molecular formula is C25H21NO. The number of ether oxygens (including phenoxy) is 1. The van der Waals surface area contributed by atoms with E-state index >= 15 is 0 Å². The highest BCUT2D eigenvalue weighted by Gasteiger charge is 2.15. The SMILES string of the molecule is c1ccc(-c2ccc(COC(c3ccccc3)c3cccnc3)cc2)cc1. The topological polar surface area (TPSA) is 22.1 Å². The third kappa shape index (κ3) is 4.30. The Bertz CT molecular complexity index is 912. The molecule has 0 saturated heterocycles. The highest BCUT2D eigenvalue weighted by Crippen LogP contribution is 2.27. The molecule has 1 aromatic heterocycles. The first-order chi connectivity index (χ1) is 13.4. The highest BCUT2D eigenvalue weighted by atomic mass is 16.5. The van der Waals surface area contributed by atoms with E-state index in [1.54, 1.807) is 6.20 Å². The second-order valence-corrected chi connectivity index (χ2v) is 6.45. The zero-order chi connectivity index (χ0) is 18.3. The molecule has 0 fully saturated rings. The van der Waals surface area contributed by atoms with E-state index in [0.29, 0.717) is 6.61 Å². The van der Waals surface area contributed by atoms with Crippen molar-refractivity contribution in [3.05, 3.63) is 126 Å². The lowest BCUT2D eigenvalue weighted by Gasteiger charge is -2.19. The molecule has 0 aliphatic rings. The van der Waals surface area contributed by atoms with Gasteiger partial charge in [0.1, 0.15) is 6.10 Å². The molecule has 0 N–H and O–H groups in total. The van der Waals surface area contributed by atoms with Gasteiger partial charge in [-0.15, -0.1) is 0 Å². The molecule has 0 radical (unpaired) electrons. The summed E-state index contributed by atoms with van der Waals surface area (Å²) in [7, 11) is 0. The van der Waals surface area contributed by atoms with Crippen molar-refractivity contribution in [2.45, 2.75) is 12.7 Å². The van der Waals surface area contributed by atoms with Crippen molar-refractivity contribution >= 4 is 0 Å². The smallest absolute Gasteiger partial charge is 0.109 e. The van der Waals surface area contributed by atoms with Crippen LogP contribution in [0.2, 0.25) is 0 Å². The van der Waals surface area contributed by atoms with E-state index in [1.807, 2.05) is 36.5 Å². The van der Waals surface area contributed by atoms with Crippen molar-refractivity contribution in [3.63, 3.8) is 0 Å². The average molecular weight is 351 g/mol. The van der Waals surface area contributed by atoms with Gasteiger partial charge in [-0.25, -0.2) is 0 Å². The summed E-state index contributed by atoms with van der Waals surface area (Å²) in [6.45, 7) is 0.545. The monoisotopic (exact) mass is 351 g/mol. The third-order valence-corrected chi connectivity index (χ3v) is 4.57. The molecule has 0 spiro atoms. The molecule has 0 amide bonds. The number of hydrogen-bond acceptors (Lipinski definition) is 2. The Morgan fingerprint density at radius 3 is 1.93 bits per heavy atom. The molecule has 0 aliphatic carbocycles. The minimum atomic E-state index is -0.131. The van der Waals surface area contributed by atoms with Crippen molar-refractivity contribution in [2.75, 3.05) is 0 Å². The van der Waals surface area contributed by atoms with Gasteiger partial charge in [0.15, 0.2) is 0 Å². The van der Waals surface area contributed by atoms with Crippen LogP contribution in [0.15, 0.2) is 109 Å². The van der Waals surface area contributed by atoms with Gasteiger partial charge in [0.2, 0.25) is 0 Å². The predicted molar refractivity (Wildman–Crippen MR) is 109 cm³/mol. The van der Waals surface area contributed by atoms with Crippen LogP contribution in [-0.4, -0.2) is 4.98 Å². The number of benzene rings is 3. The first kappa shape index (κ1) is 17.2. The van der Waals surface area contributed by atoms with Crippen LogP contribution < -0.4 is 0 Å². The molecule has 2 heteroatoms. The third-order valence-electron chi connectivity index (χ3n) is 4.57. The minimum absolute atomic E-state index is 0.131. The van der Waals surface area contributed by atoms with Crippen LogP contribution in [0.4, 0.5) is 0 Å². The molecule has 0 aliphatic heterocycles.